The Bertz CT molecular complexity index is 1040. The maximum absolute atomic E-state index is 11.2. The van der Waals surface area contributed by atoms with Gasteiger partial charge < -0.3 is 14.8 Å². The first kappa shape index (κ1) is 19.1. The number of nitrogens with zero attached hydrogens (tertiary/aromatic N) is 4. The Morgan fingerprint density at radius 2 is 2.07 bits per heavy atom. The van der Waals surface area contributed by atoms with Crippen LogP contribution in [0.5, 0.6) is 0 Å². The van der Waals surface area contributed by atoms with Crippen LogP contribution < -0.4 is 5.32 Å². The minimum Gasteiger partial charge on any atom is -0.352 e. The Kier molecular flexibility index (Phi) is 5.26. The highest BCUT2D eigenvalue weighted by Gasteiger charge is 2.40. The highest BCUT2D eigenvalue weighted by Crippen LogP contribution is 2.39. The molecule has 2 atom stereocenters. The summed E-state index contributed by atoms with van der Waals surface area (Å²) >= 11 is 5.64. The molecule has 7 nitrogen and oxygen atoms in total. The van der Waals surface area contributed by atoms with E-state index in [1.54, 1.807) is 18.3 Å². The van der Waals surface area contributed by atoms with Gasteiger partial charge in [-0.05, 0) is 49.0 Å². The summed E-state index contributed by atoms with van der Waals surface area (Å²) in [5, 5.41) is 15.4. The standard InChI is InChI=1S/C21H21N5O2S/c1-2-12-25-20(19(23-21(25)29)17-9-3-4-11-22-17)18-10-6-13-24(18)15-7-5-8-16(14-15)26(27)28/h3-11,13-14,19-20H,2,12H2,1H3,(H,23,29)/t19-,20+/m1/s1. The summed E-state index contributed by atoms with van der Waals surface area (Å²) < 4.78 is 1.99. The molecule has 0 bridgehead atoms. The second kappa shape index (κ2) is 8.00. The molecule has 0 aliphatic carbocycles. The Morgan fingerprint density at radius 1 is 1.21 bits per heavy atom. The van der Waals surface area contributed by atoms with Crippen molar-refractivity contribution in [2.45, 2.75) is 25.4 Å². The molecule has 0 spiro atoms. The molecule has 1 saturated heterocycles. The van der Waals surface area contributed by atoms with Gasteiger partial charge in [0.15, 0.2) is 5.11 Å². The normalized spacial score (nSPS) is 18.7. The SMILES string of the molecule is CCCN1C(=S)N[C@H](c2ccccn2)[C@@H]1c1cccn1-c1cccc([N+](=O)[O-])c1. The van der Waals surface area contributed by atoms with Crippen LogP contribution in [0.2, 0.25) is 0 Å². The van der Waals surface area contributed by atoms with Gasteiger partial charge in [-0.25, -0.2) is 0 Å². The summed E-state index contributed by atoms with van der Waals surface area (Å²) in [6, 6.07) is 16.3. The second-order valence-electron chi connectivity index (χ2n) is 6.90. The summed E-state index contributed by atoms with van der Waals surface area (Å²) in [5.74, 6) is 0. The number of nitro benzene ring substituents is 1. The number of pyridine rings is 1. The smallest absolute Gasteiger partial charge is 0.271 e. The van der Waals surface area contributed by atoms with Crippen LogP contribution in [0.3, 0.4) is 0 Å². The third-order valence-electron chi connectivity index (χ3n) is 5.06. The largest absolute Gasteiger partial charge is 0.352 e. The fraction of sp³-hybridized carbons (Fsp3) is 0.238. The number of rotatable bonds is 6. The van der Waals surface area contributed by atoms with E-state index in [0.29, 0.717) is 5.11 Å². The predicted molar refractivity (Wildman–Crippen MR) is 115 cm³/mol. The molecule has 2 aromatic heterocycles. The number of aromatic nitrogens is 2. The summed E-state index contributed by atoms with van der Waals surface area (Å²) in [5.41, 5.74) is 2.72. The molecule has 3 heterocycles. The first-order valence-electron chi connectivity index (χ1n) is 9.50. The van der Waals surface area contributed by atoms with Crippen LogP contribution in [0.15, 0.2) is 67.0 Å². The summed E-state index contributed by atoms with van der Waals surface area (Å²) in [7, 11) is 0. The fourth-order valence-electron chi connectivity index (χ4n) is 3.84. The third-order valence-corrected chi connectivity index (χ3v) is 5.42. The number of nitrogens with one attached hydrogen (secondary N) is 1. The first-order valence-corrected chi connectivity index (χ1v) is 9.91. The lowest BCUT2D eigenvalue weighted by Gasteiger charge is -2.28. The van der Waals surface area contributed by atoms with Crippen molar-refractivity contribution >= 4 is 23.0 Å². The van der Waals surface area contributed by atoms with Crippen molar-refractivity contribution in [2.75, 3.05) is 6.54 Å². The summed E-state index contributed by atoms with van der Waals surface area (Å²) in [6.07, 6.45) is 4.65. The zero-order valence-electron chi connectivity index (χ0n) is 15.9. The van der Waals surface area contributed by atoms with Crippen LogP contribution in [-0.2, 0) is 0 Å². The average molecular weight is 407 g/mol. The summed E-state index contributed by atoms with van der Waals surface area (Å²) in [6.45, 7) is 2.92. The zero-order valence-corrected chi connectivity index (χ0v) is 16.7. The average Bonchev–Trinajstić information content (AvgIpc) is 3.34. The molecule has 148 valence electrons. The molecule has 1 aromatic carbocycles. The van der Waals surface area contributed by atoms with E-state index in [4.69, 9.17) is 12.2 Å². The van der Waals surface area contributed by atoms with Crippen molar-refractivity contribution in [3.05, 3.63) is 88.5 Å². The molecule has 8 heteroatoms. The lowest BCUT2D eigenvalue weighted by molar-refractivity contribution is -0.384. The van der Waals surface area contributed by atoms with Gasteiger partial charge in [0, 0.05) is 36.8 Å². The molecule has 1 fully saturated rings. The Balaban J connectivity index is 1.81. The molecule has 4 rings (SSSR count). The number of thiocarbonyl (C=S) groups is 1. The fourth-order valence-corrected chi connectivity index (χ4v) is 4.17. The molecule has 0 radical (unpaired) electrons. The second-order valence-corrected chi connectivity index (χ2v) is 7.29. The minimum absolute atomic E-state index is 0.0638. The molecule has 1 N–H and O–H groups in total. The van der Waals surface area contributed by atoms with E-state index in [1.165, 1.54) is 6.07 Å². The van der Waals surface area contributed by atoms with Crippen LogP contribution in [0, 0.1) is 10.1 Å². The molecule has 29 heavy (non-hydrogen) atoms. The van der Waals surface area contributed by atoms with Crippen molar-refractivity contribution in [1.29, 1.82) is 0 Å². The monoisotopic (exact) mass is 407 g/mol. The van der Waals surface area contributed by atoms with Gasteiger partial charge in [0.2, 0.25) is 0 Å². The van der Waals surface area contributed by atoms with E-state index < -0.39 is 0 Å². The number of hydrogen-bond acceptors (Lipinski definition) is 4. The van der Waals surface area contributed by atoms with Crippen molar-refractivity contribution in [3.63, 3.8) is 0 Å². The highest BCUT2D eigenvalue weighted by atomic mass is 32.1. The molecular formula is C21H21N5O2S. The molecule has 0 saturated carbocycles. The lowest BCUT2D eigenvalue weighted by Crippen LogP contribution is -2.31. The van der Waals surface area contributed by atoms with Gasteiger partial charge in [0.05, 0.1) is 28.4 Å². The van der Waals surface area contributed by atoms with Crippen LogP contribution in [-0.4, -0.2) is 31.0 Å². The Hall–Kier alpha value is -3.26. The number of non-ortho nitro benzene ring substituents is 1. The maximum Gasteiger partial charge on any atom is 0.271 e. The van der Waals surface area contributed by atoms with Gasteiger partial charge in [-0.15, -0.1) is 0 Å². The van der Waals surface area contributed by atoms with E-state index in [0.717, 1.165) is 30.0 Å². The van der Waals surface area contributed by atoms with Gasteiger partial charge in [0.25, 0.3) is 5.69 Å². The Morgan fingerprint density at radius 3 is 2.79 bits per heavy atom. The zero-order chi connectivity index (χ0) is 20.4. The van der Waals surface area contributed by atoms with E-state index in [-0.39, 0.29) is 22.7 Å². The van der Waals surface area contributed by atoms with Gasteiger partial charge in [-0.3, -0.25) is 15.1 Å². The number of nitro groups is 1. The quantitative estimate of drug-likeness (QED) is 0.376. The van der Waals surface area contributed by atoms with Gasteiger partial charge in [0.1, 0.15) is 0 Å². The van der Waals surface area contributed by atoms with Crippen LogP contribution >= 0.6 is 12.2 Å². The topological polar surface area (TPSA) is 76.2 Å². The maximum atomic E-state index is 11.2. The molecule has 0 unspecified atom stereocenters. The highest BCUT2D eigenvalue weighted by molar-refractivity contribution is 7.80. The van der Waals surface area contributed by atoms with Crippen LogP contribution in [0.4, 0.5) is 5.69 Å². The molecule has 0 amide bonds. The molecule has 1 aliphatic heterocycles. The van der Waals surface area contributed by atoms with E-state index in [2.05, 4.69) is 22.1 Å². The predicted octanol–water partition coefficient (Wildman–Crippen LogP) is 4.16. The van der Waals surface area contributed by atoms with Crippen molar-refractivity contribution < 1.29 is 4.92 Å². The van der Waals surface area contributed by atoms with Crippen molar-refractivity contribution in [1.82, 2.24) is 19.8 Å². The Labute approximate surface area is 174 Å². The van der Waals surface area contributed by atoms with E-state index >= 15 is 0 Å². The van der Waals surface area contributed by atoms with Crippen LogP contribution in [0.25, 0.3) is 5.69 Å². The van der Waals surface area contributed by atoms with E-state index in [1.807, 2.05) is 47.2 Å². The third kappa shape index (κ3) is 3.58. The first-order chi connectivity index (χ1) is 14.1. The number of hydrogen-bond donors (Lipinski definition) is 1. The molecule has 3 aromatic rings. The van der Waals surface area contributed by atoms with Gasteiger partial charge >= 0.3 is 0 Å². The molecular weight excluding hydrogens is 386 g/mol. The summed E-state index contributed by atoms with van der Waals surface area (Å²) in [4.78, 5) is 17.6. The minimum atomic E-state index is -0.376. The van der Waals surface area contributed by atoms with E-state index in [9.17, 15) is 10.1 Å². The van der Waals surface area contributed by atoms with Crippen molar-refractivity contribution in [3.8, 4) is 5.69 Å². The van der Waals surface area contributed by atoms with Gasteiger partial charge in [-0.2, -0.15) is 0 Å². The van der Waals surface area contributed by atoms with Gasteiger partial charge in [-0.1, -0.05) is 19.1 Å². The van der Waals surface area contributed by atoms with Crippen molar-refractivity contribution in [2.24, 2.45) is 0 Å². The molecule has 1 aliphatic rings. The van der Waals surface area contributed by atoms with Crippen LogP contribution in [0.1, 0.15) is 36.8 Å². The number of benzene rings is 1. The lowest BCUT2D eigenvalue weighted by atomic mass is 10.0.